The first kappa shape index (κ1) is 10.4. The second-order valence-corrected chi connectivity index (χ2v) is 3.10. The van der Waals surface area contributed by atoms with Gasteiger partial charge in [-0.3, -0.25) is 0 Å². The molecule has 0 aliphatic heterocycles. The fraction of sp³-hybridized carbons (Fsp3) is 0.875. The predicted octanol–water partition coefficient (Wildman–Crippen LogP) is 1.11. The molecule has 2 atom stereocenters. The molecule has 0 aliphatic carbocycles. The summed E-state index contributed by atoms with van der Waals surface area (Å²) in [4.78, 5) is 10.4. The summed E-state index contributed by atoms with van der Waals surface area (Å²) < 4.78 is 0. The smallest absolute Gasteiger partial charge is 0.332 e. The van der Waals surface area contributed by atoms with Crippen LogP contribution in [0.5, 0.6) is 0 Å². The van der Waals surface area contributed by atoms with Crippen LogP contribution in [0.2, 0.25) is 0 Å². The maximum Gasteiger partial charge on any atom is 0.332 e. The van der Waals surface area contributed by atoms with Crippen molar-refractivity contribution in [1.29, 1.82) is 0 Å². The highest BCUT2D eigenvalue weighted by Crippen LogP contribution is 2.18. The Morgan fingerprint density at radius 3 is 2.00 bits per heavy atom. The van der Waals surface area contributed by atoms with Gasteiger partial charge in [0.15, 0.2) is 6.10 Å². The molecule has 0 rings (SSSR count). The first-order valence-electron chi connectivity index (χ1n) is 3.91. The molecule has 2 unspecified atom stereocenters. The molecule has 0 aromatic carbocycles. The average Bonchev–Trinajstić information content (AvgIpc) is 1.88. The van der Waals surface area contributed by atoms with Crippen molar-refractivity contribution >= 4 is 5.97 Å². The summed E-state index contributed by atoms with van der Waals surface area (Å²) >= 11 is 0. The Morgan fingerprint density at radius 2 is 1.91 bits per heavy atom. The van der Waals surface area contributed by atoms with Crippen molar-refractivity contribution in [3.63, 3.8) is 0 Å². The zero-order valence-corrected chi connectivity index (χ0v) is 7.24. The van der Waals surface area contributed by atoms with E-state index in [0.29, 0.717) is 6.42 Å². The quantitative estimate of drug-likeness (QED) is 0.647. The third-order valence-corrected chi connectivity index (χ3v) is 1.99. The van der Waals surface area contributed by atoms with E-state index in [4.69, 9.17) is 10.2 Å². The fourth-order valence-electron chi connectivity index (χ4n) is 1.24. The van der Waals surface area contributed by atoms with Crippen LogP contribution in [-0.4, -0.2) is 22.3 Å². The van der Waals surface area contributed by atoms with Crippen molar-refractivity contribution in [1.82, 2.24) is 0 Å². The van der Waals surface area contributed by atoms with Crippen LogP contribution in [0, 0.1) is 11.8 Å². The Labute approximate surface area is 67.0 Å². The zero-order valence-electron chi connectivity index (χ0n) is 7.24. The largest absolute Gasteiger partial charge is 0.479 e. The Hall–Kier alpha value is -0.570. The molecule has 0 heterocycles. The van der Waals surface area contributed by atoms with Gasteiger partial charge >= 0.3 is 5.97 Å². The van der Waals surface area contributed by atoms with Gasteiger partial charge in [-0.1, -0.05) is 27.2 Å². The predicted molar refractivity (Wildman–Crippen MR) is 42.3 cm³/mol. The molecular formula is C8H16O3. The van der Waals surface area contributed by atoms with Crippen molar-refractivity contribution in [2.75, 3.05) is 0 Å². The van der Waals surface area contributed by atoms with Crippen LogP contribution in [0.4, 0.5) is 0 Å². The zero-order chi connectivity index (χ0) is 9.02. The maximum atomic E-state index is 10.4. The topological polar surface area (TPSA) is 57.5 Å². The fourth-order valence-corrected chi connectivity index (χ4v) is 1.24. The van der Waals surface area contributed by atoms with Crippen LogP contribution in [0.1, 0.15) is 27.2 Å². The molecular weight excluding hydrogens is 144 g/mol. The highest BCUT2D eigenvalue weighted by atomic mass is 16.4. The molecule has 0 radical (unpaired) electrons. The number of aliphatic hydroxyl groups is 1. The van der Waals surface area contributed by atoms with E-state index in [2.05, 4.69) is 0 Å². The van der Waals surface area contributed by atoms with E-state index in [-0.39, 0.29) is 11.8 Å². The third-order valence-electron chi connectivity index (χ3n) is 1.99. The summed E-state index contributed by atoms with van der Waals surface area (Å²) in [5.41, 5.74) is 0. The van der Waals surface area contributed by atoms with Crippen molar-refractivity contribution in [3.05, 3.63) is 0 Å². The third kappa shape index (κ3) is 2.89. The van der Waals surface area contributed by atoms with Gasteiger partial charge < -0.3 is 10.2 Å². The SMILES string of the molecule is CCC(C(C)C)C(O)C(=O)O. The lowest BCUT2D eigenvalue weighted by Crippen LogP contribution is -2.32. The van der Waals surface area contributed by atoms with Crippen LogP contribution in [-0.2, 0) is 4.79 Å². The van der Waals surface area contributed by atoms with Crippen molar-refractivity contribution in [3.8, 4) is 0 Å². The molecule has 0 aromatic heterocycles. The van der Waals surface area contributed by atoms with E-state index in [1.165, 1.54) is 0 Å². The van der Waals surface area contributed by atoms with E-state index in [1.807, 2.05) is 20.8 Å². The number of carbonyl (C=O) groups is 1. The molecule has 0 spiro atoms. The summed E-state index contributed by atoms with van der Waals surface area (Å²) in [6.45, 7) is 5.72. The number of rotatable bonds is 4. The van der Waals surface area contributed by atoms with Gasteiger partial charge in [0.2, 0.25) is 0 Å². The second-order valence-electron chi connectivity index (χ2n) is 3.10. The Bertz CT molecular complexity index is 131. The number of aliphatic hydroxyl groups excluding tert-OH is 1. The van der Waals surface area contributed by atoms with Crippen molar-refractivity contribution in [2.24, 2.45) is 11.8 Å². The van der Waals surface area contributed by atoms with E-state index < -0.39 is 12.1 Å². The number of carboxylic acid groups (broad SMARTS) is 1. The molecule has 0 saturated heterocycles. The molecule has 0 fully saturated rings. The van der Waals surface area contributed by atoms with Gasteiger partial charge in [-0.15, -0.1) is 0 Å². The summed E-state index contributed by atoms with van der Waals surface area (Å²) in [6.07, 6.45) is -0.509. The monoisotopic (exact) mass is 160 g/mol. The van der Waals surface area contributed by atoms with Gasteiger partial charge in [-0.25, -0.2) is 4.79 Å². The van der Waals surface area contributed by atoms with Gasteiger partial charge in [-0.2, -0.15) is 0 Å². The van der Waals surface area contributed by atoms with Gasteiger partial charge in [-0.05, 0) is 11.8 Å². The minimum absolute atomic E-state index is 0.132. The maximum absolute atomic E-state index is 10.4. The van der Waals surface area contributed by atoms with E-state index >= 15 is 0 Å². The highest BCUT2D eigenvalue weighted by Gasteiger charge is 2.26. The molecule has 2 N–H and O–H groups in total. The number of carboxylic acids is 1. The molecule has 3 heteroatoms. The second kappa shape index (κ2) is 4.34. The first-order chi connectivity index (χ1) is 5.00. The standard InChI is InChI=1S/C8H16O3/c1-4-6(5(2)3)7(9)8(10)11/h5-7,9H,4H2,1-3H3,(H,10,11). The van der Waals surface area contributed by atoms with E-state index in [9.17, 15) is 4.79 Å². The van der Waals surface area contributed by atoms with Gasteiger partial charge in [0.05, 0.1) is 0 Å². The van der Waals surface area contributed by atoms with Crippen molar-refractivity contribution in [2.45, 2.75) is 33.3 Å². The average molecular weight is 160 g/mol. The van der Waals surface area contributed by atoms with Gasteiger partial charge in [0, 0.05) is 0 Å². The Morgan fingerprint density at radius 1 is 1.45 bits per heavy atom. The van der Waals surface area contributed by atoms with Gasteiger partial charge in [0.25, 0.3) is 0 Å². The minimum Gasteiger partial charge on any atom is -0.479 e. The normalized spacial score (nSPS) is 16.5. The molecule has 0 saturated carbocycles. The summed E-state index contributed by atoms with van der Waals surface area (Å²) in [5, 5.41) is 17.6. The molecule has 0 bridgehead atoms. The first-order valence-corrected chi connectivity index (χ1v) is 3.91. The van der Waals surface area contributed by atoms with Crippen LogP contribution in [0.25, 0.3) is 0 Å². The lowest BCUT2D eigenvalue weighted by Gasteiger charge is -2.21. The number of hydrogen-bond acceptors (Lipinski definition) is 2. The van der Waals surface area contributed by atoms with Crippen LogP contribution in [0.15, 0.2) is 0 Å². The molecule has 0 aliphatic rings. The van der Waals surface area contributed by atoms with E-state index in [1.54, 1.807) is 0 Å². The van der Waals surface area contributed by atoms with Crippen LogP contribution in [0.3, 0.4) is 0 Å². The minimum atomic E-state index is -1.21. The molecule has 0 amide bonds. The Kier molecular flexibility index (Phi) is 4.11. The summed E-state index contributed by atoms with van der Waals surface area (Å²) in [6, 6.07) is 0. The number of aliphatic carboxylic acids is 1. The van der Waals surface area contributed by atoms with Crippen LogP contribution >= 0.6 is 0 Å². The molecule has 3 nitrogen and oxygen atoms in total. The highest BCUT2D eigenvalue weighted by molar-refractivity contribution is 5.72. The number of hydrogen-bond donors (Lipinski definition) is 2. The van der Waals surface area contributed by atoms with Crippen LogP contribution < -0.4 is 0 Å². The molecule has 66 valence electrons. The molecule has 11 heavy (non-hydrogen) atoms. The summed E-state index contributed by atoms with van der Waals surface area (Å²) in [7, 11) is 0. The Balaban J connectivity index is 4.13. The molecule has 0 aromatic rings. The van der Waals surface area contributed by atoms with E-state index in [0.717, 1.165) is 0 Å². The lowest BCUT2D eigenvalue weighted by molar-refractivity contribution is -0.150. The van der Waals surface area contributed by atoms with Crippen molar-refractivity contribution < 1.29 is 15.0 Å². The lowest BCUT2D eigenvalue weighted by atomic mass is 9.88. The van der Waals surface area contributed by atoms with Gasteiger partial charge in [0.1, 0.15) is 0 Å². The summed E-state index contributed by atoms with van der Waals surface area (Å²) in [5.74, 6) is -1.04.